The first kappa shape index (κ1) is 11.5. The van der Waals surface area contributed by atoms with Gasteiger partial charge in [-0.3, -0.25) is 4.40 Å². The third kappa shape index (κ3) is 2.22. The average molecular weight is 254 g/mol. The molecule has 0 aliphatic heterocycles. The number of anilines is 1. The van der Waals surface area contributed by atoms with Crippen molar-refractivity contribution in [1.82, 2.24) is 14.6 Å². The van der Waals surface area contributed by atoms with E-state index in [1.165, 1.54) is 0 Å². The van der Waals surface area contributed by atoms with Gasteiger partial charge in [0.2, 0.25) is 0 Å². The summed E-state index contributed by atoms with van der Waals surface area (Å²) in [7, 11) is 0. The molecule has 0 spiro atoms. The number of pyridine rings is 1. The number of rotatable bonds is 3. The summed E-state index contributed by atoms with van der Waals surface area (Å²) in [5.74, 6) is 1.53. The van der Waals surface area contributed by atoms with Crippen LogP contribution < -0.4 is 10.5 Å². The van der Waals surface area contributed by atoms with Gasteiger partial charge in [-0.2, -0.15) is 0 Å². The summed E-state index contributed by atoms with van der Waals surface area (Å²) in [6.07, 6.45) is 1.83. The SMILES string of the molecule is Cc1cc2nnc(COc3ccccc3)n2cc1N. The number of ether oxygens (including phenoxy) is 1. The zero-order chi connectivity index (χ0) is 13.2. The highest BCUT2D eigenvalue weighted by molar-refractivity contribution is 5.53. The summed E-state index contributed by atoms with van der Waals surface area (Å²) in [5, 5.41) is 8.24. The van der Waals surface area contributed by atoms with Gasteiger partial charge in [0.25, 0.3) is 0 Å². The van der Waals surface area contributed by atoms with E-state index in [4.69, 9.17) is 10.5 Å². The minimum absolute atomic E-state index is 0.355. The Labute approximate surface area is 110 Å². The lowest BCUT2D eigenvalue weighted by Crippen LogP contribution is -2.02. The quantitative estimate of drug-likeness (QED) is 0.778. The second-order valence-corrected chi connectivity index (χ2v) is 4.36. The van der Waals surface area contributed by atoms with Crippen LogP contribution in [0.5, 0.6) is 5.75 Å². The average Bonchev–Trinajstić information content (AvgIpc) is 2.80. The third-order valence-electron chi connectivity index (χ3n) is 2.97. The Morgan fingerprint density at radius 3 is 2.79 bits per heavy atom. The second-order valence-electron chi connectivity index (χ2n) is 4.36. The Kier molecular flexibility index (Phi) is 2.79. The Bertz CT molecular complexity index is 706. The van der Waals surface area contributed by atoms with E-state index in [-0.39, 0.29) is 0 Å². The highest BCUT2D eigenvalue weighted by atomic mass is 16.5. The van der Waals surface area contributed by atoms with E-state index in [0.717, 1.165) is 22.8 Å². The molecule has 2 heterocycles. The molecule has 1 aromatic carbocycles. The zero-order valence-electron chi connectivity index (χ0n) is 10.6. The second kappa shape index (κ2) is 4.61. The van der Waals surface area contributed by atoms with Gasteiger partial charge in [0.15, 0.2) is 11.5 Å². The van der Waals surface area contributed by atoms with Crippen molar-refractivity contribution in [2.75, 3.05) is 5.73 Å². The summed E-state index contributed by atoms with van der Waals surface area (Å²) >= 11 is 0. The van der Waals surface area contributed by atoms with Gasteiger partial charge in [-0.15, -0.1) is 10.2 Å². The van der Waals surface area contributed by atoms with E-state index in [2.05, 4.69) is 10.2 Å². The Hall–Kier alpha value is -2.56. The summed E-state index contributed by atoms with van der Waals surface area (Å²) < 4.78 is 7.52. The number of nitrogens with two attached hydrogens (primary N) is 1. The van der Waals surface area contributed by atoms with Crippen LogP contribution in [0.2, 0.25) is 0 Å². The predicted molar refractivity (Wildman–Crippen MR) is 72.9 cm³/mol. The number of aromatic nitrogens is 3. The number of hydrogen-bond acceptors (Lipinski definition) is 4. The molecule has 0 aliphatic carbocycles. The van der Waals surface area contributed by atoms with Crippen LogP contribution in [-0.2, 0) is 6.61 Å². The van der Waals surface area contributed by atoms with Crippen LogP contribution >= 0.6 is 0 Å². The van der Waals surface area contributed by atoms with Gasteiger partial charge in [-0.05, 0) is 30.7 Å². The number of nitrogen functional groups attached to an aromatic ring is 1. The molecule has 0 unspecified atom stereocenters. The maximum Gasteiger partial charge on any atom is 0.175 e. The fourth-order valence-corrected chi connectivity index (χ4v) is 1.86. The lowest BCUT2D eigenvalue weighted by atomic mass is 10.2. The molecule has 0 bridgehead atoms. The van der Waals surface area contributed by atoms with Crippen LogP contribution in [0.4, 0.5) is 5.69 Å². The van der Waals surface area contributed by atoms with E-state index in [9.17, 15) is 0 Å². The van der Waals surface area contributed by atoms with E-state index in [1.54, 1.807) is 0 Å². The van der Waals surface area contributed by atoms with Crippen LogP contribution in [0, 0.1) is 6.92 Å². The predicted octanol–water partition coefficient (Wildman–Crippen LogP) is 2.20. The number of benzene rings is 1. The van der Waals surface area contributed by atoms with Crippen LogP contribution in [0.1, 0.15) is 11.4 Å². The number of hydrogen-bond donors (Lipinski definition) is 1. The third-order valence-corrected chi connectivity index (χ3v) is 2.97. The van der Waals surface area contributed by atoms with Crippen molar-refractivity contribution < 1.29 is 4.74 Å². The van der Waals surface area contributed by atoms with Gasteiger partial charge in [0.05, 0.1) is 5.69 Å². The van der Waals surface area contributed by atoms with Crippen LogP contribution in [0.3, 0.4) is 0 Å². The Balaban J connectivity index is 1.87. The van der Waals surface area contributed by atoms with Crippen molar-refractivity contribution in [1.29, 1.82) is 0 Å². The van der Waals surface area contributed by atoms with Crippen molar-refractivity contribution in [3.63, 3.8) is 0 Å². The maximum absolute atomic E-state index is 5.90. The number of nitrogens with zero attached hydrogens (tertiary/aromatic N) is 3. The van der Waals surface area contributed by atoms with E-state index in [0.29, 0.717) is 12.3 Å². The molecular weight excluding hydrogens is 240 g/mol. The number of para-hydroxylation sites is 1. The Morgan fingerprint density at radius 2 is 2.00 bits per heavy atom. The molecule has 0 fully saturated rings. The summed E-state index contributed by atoms with van der Waals surface area (Å²) in [4.78, 5) is 0. The maximum atomic E-state index is 5.90. The van der Waals surface area contributed by atoms with Crippen molar-refractivity contribution in [2.45, 2.75) is 13.5 Å². The van der Waals surface area contributed by atoms with Gasteiger partial charge in [0, 0.05) is 6.20 Å². The monoisotopic (exact) mass is 254 g/mol. The molecule has 0 atom stereocenters. The highest BCUT2D eigenvalue weighted by Crippen LogP contribution is 2.15. The molecule has 0 saturated carbocycles. The smallest absolute Gasteiger partial charge is 0.175 e. The first-order chi connectivity index (χ1) is 9.24. The normalized spacial score (nSPS) is 10.8. The summed E-state index contributed by atoms with van der Waals surface area (Å²) in [5.41, 5.74) is 8.39. The van der Waals surface area contributed by atoms with Gasteiger partial charge >= 0.3 is 0 Å². The minimum Gasteiger partial charge on any atom is -0.486 e. The zero-order valence-corrected chi connectivity index (χ0v) is 10.6. The van der Waals surface area contributed by atoms with Crippen LogP contribution in [0.15, 0.2) is 42.6 Å². The molecule has 3 rings (SSSR count). The molecule has 2 aromatic heterocycles. The summed E-state index contributed by atoms with van der Waals surface area (Å²) in [6, 6.07) is 11.5. The fourth-order valence-electron chi connectivity index (χ4n) is 1.86. The van der Waals surface area contributed by atoms with Crippen molar-refractivity contribution in [3.05, 3.63) is 54.0 Å². The molecule has 0 saturated heterocycles. The molecule has 3 aromatic rings. The van der Waals surface area contributed by atoms with E-state index >= 15 is 0 Å². The number of fused-ring (bicyclic) bond motifs is 1. The molecule has 2 N–H and O–H groups in total. The molecule has 96 valence electrons. The van der Waals surface area contributed by atoms with Crippen molar-refractivity contribution in [3.8, 4) is 5.75 Å². The van der Waals surface area contributed by atoms with Crippen LogP contribution in [0.25, 0.3) is 5.65 Å². The topological polar surface area (TPSA) is 65.4 Å². The fraction of sp³-hybridized carbons (Fsp3) is 0.143. The lowest BCUT2D eigenvalue weighted by molar-refractivity contribution is 0.294. The van der Waals surface area contributed by atoms with E-state index in [1.807, 2.05) is 53.9 Å². The molecule has 5 nitrogen and oxygen atoms in total. The summed E-state index contributed by atoms with van der Waals surface area (Å²) in [6.45, 7) is 2.30. The molecule has 5 heteroatoms. The lowest BCUT2D eigenvalue weighted by Gasteiger charge is -2.05. The van der Waals surface area contributed by atoms with Crippen LogP contribution in [-0.4, -0.2) is 14.6 Å². The first-order valence-corrected chi connectivity index (χ1v) is 6.01. The van der Waals surface area contributed by atoms with Crippen molar-refractivity contribution >= 4 is 11.3 Å². The van der Waals surface area contributed by atoms with Crippen molar-refractivity contribution in [2.24, 2.45) is 0 Å². The van der Waals surface area contributed by atoms with Gasteiger partial charge in [-0.1, -0.05) is 18.2 Å². The first-order valence-electron chi connectivity index (χ1n) is 6.01. The molecule has 0 amide bonds. The van der Waals surface area contributed by atoms with Gasteiger partial charge in [-0.25, -0.2) is 0 Å². The Morgan fingerprint density at radius 1 is 1.21 bits per heavy atom. The van der Waals surface area contributed by atoms with Gasteiger partial charge in [0.1, 0.15) is 12.4 Å². The standard InChI is InChI=1S/C14H14N4O/c1-10-7-13-16-17-14(18(13)8-12(10)15)9-19-11-5-3-2-4-6-11/h2-8H,9,15H2,1H3. The largest absolute Gasteiger partial charge is 0.486 e. The highest BCUT2D eigenvalue weighted by Gasteiger charge is 2.07. The number of aryl methyl sites for hydroxylation is 1. The molecule has 0 radical (unpaired) electrons. The van der Waals surface area contributed by atoms with E-state index < -0.39 is 0 Å². The van der Waals surface area contributed by atoms with Gasteiger partial charge < -0.3 is 10.5 Å². The molecule has 0 aliphatic rings. The molecular formula is C14H14N4O. The molecule has 19 heavy (non-hydrogen) atoms. The minimum atomic E-state index is 0.355.